The smallest absolute Gasteiger partial charge is 0.0483 e. The Morgan fingerprint density at radius 2 is 1.55 bits per heavy atom. The van der Waals surface area contributed by atoms with E-state index in [2.05, 4.69) is 13.8 Å². The maximum absolute atomic E-state index is 8.47. The first-order valence-corrected chi connectivity index (χ1v) is 4.33. The Morgan fingerprint density at radius 3 is 1.64 bits per heavy atom. The Kier molecular flexibility index (Phi) is 12.2. The minimum atomic E-state index is -0.167. The van der Waals surface area contributed by atoms with Crippen LogP contribution in [0.3, 0.4) is 0 Å². The molecule has 0 aliphatic carbocycles. The number of aliphatic hydroxyl groups excluding tert-OH is 2. The SMILES string of the molecule is CC(C)O.CCCC(C)CO. The van der Waals surface area contributed by atoms with Crippen LogP contribution >= 0.6 is 0 Å². The van der Waals surface area contributed by atoms with Crippen molar-refractivity contribution in [3.63, 3.8) is 0 Å². The maximum Gasteiger partial charge on any atom is 0.0483 e. The highest BCUT2D eigenvalue weighted by molar-refractivity contribution is 4.45. The molecular formula is C9H22O2. The number of hydrogen-bond donors (Lipinski definition) is 2. The molecule has 0 heterocycles. The van der Waals surface area contributed by atoms with Gasteiger partial charge in [0.1, 0.15) is 0 Å². The molecule has 0 rings (SSSR count). The van der Waals surface area contributed by atoms with Gasteiger partial charge in [0.25, 0.3) is 0 Å². The van der Waals surface area contributed by atoms with E-state index in [1.54, 1.807) is 13.8 Å². The van der Waals surface area contributed by atoms with E-state index >= 15 is 0 Å². The fourth-order valence-electron chi connectivity index (χ4n) is 0.584. The third-order valence-corrected chi connectivity index (χ3v) is 1.09. The molecule has 0 aliphatic heterocycles. The highest BCUT2D eigenvalue weighted by Crippen LogP contribution is 2.01. The second kappa shape index (κ2) is 9.92. The van der Waals surface area contributed by atoms with Crippen LogP contribution in [0, 0.1) is 5.92 Å². The van der Waals surface area contributed by atoms with Crippen LogP contribution in [-0.2, 0) is 0 Å². The van der Waals surface area contributed by atoms with Gasteiger partial charge in [-0.05, 0) is 26.2 Å². The summed E-state index contributed by atoms with van der Waals surface area (Å²) in [5.74, 6) is 0.505. The van der Waals surface area contributed by atoms with Crippen molar-refractivity contribution >= 4 is 0 Å². The number of hydrogen-bond acceptors (Lipinski definition) is 2. The fraction of sp³-hybridized carbons (Fsp3) is 1.00. The van der Waals surface area contributed by atoms with E-state index in [-0.39, 0.29) is 6.10 Å². The molecule has 0 aliphatic rings. The molecule has 0 radical (unpaired) electrons. The van der Waals surface area contributed by atoms with Crippen molar-refractivity contribution in [3.8, 4) is 0 Å². The molecule has 0 bridgehead atoms. The summed E-state index contributed by atoms with van der Waals surface area (Å²) in [7, 11) is 0. The van der Waals surface area contributed by atoms with E-state index in [4.69, 9.17) is 10.2 Å². The van der Waals surface area contributed by atoms with Crippen molar-refractivity contribution < 1.29 is 10.2 Å². The van der Waals surface area contributed by atoms with Gasteiger partial charge < -0.3 is 10.2 Å². The highest BCUT2D eigenvalue weighted by atomic mass is 16.3. The summed E-state index contributed by atoms with van der Waals surface area (Å²) in [4.78, 5) is 0. The third kappa shape index (κ3) is 25.7. The largest absolute Gasteiger partial charge is 0.396 e. The third-order valence-electron chi connectivity index (χ3n) is 1.09. The van der Waals surface area contributed by atoms with Gasteiger partial charge in [-0.25, -0.2) is 0 Å². The monoisotopic (exact) mass is 162 g/mol. The molecule has 2 nitrogen and oxygen atoms in total. The van der Waals surface area contributed by atoms with Gasteiger partial charge in [0.2, 0.25) is 0 Å². The summed E-state index contributed by atoms with van der Waals surface area (Å²) >= 11 is 0. The lowest BCUT2D eigenvalue weighted by Crippen LogP contribution is -1.98. The second-order valence-electron chi connectivity index (χ2n) is 3.17. The highest BCUT2D eigenvalue weighted by Gasteiger charge is 1.93. The average Bonchev–Trinajstić information content (AvgIpc) is 1.87. The average molecular weight is 162 g/mol. The van der Waals surface area contributed by atoms with Crippen LogP contribution in [0.15, 0.2) is 0 Å². The van der Waals surface area contributed by atoms with Gasteiger partial charge in [-0.2, -0.15) is 0 Å². The van der Waals surface area contributed by atoms with E-state index in [0.29, 0.717) is 12.5 Å². The van der Waals surface area contributed by atoms with Crippen LogP contribution in [0.25, 0.3) is 0 Å². The summed E-state index contributed by atoms with van der Waals surface area (Å²) in [6, 6.07) is 0. The van der Waals surface area contributed by atoms with Crippen LogP contribution in [0.4, 0.5) is 0 Å². The van der Waals surface area contributed by atoms with E-state index in [0.717, 1.165) is 6.42 Å². The Balaban J connectivity index is 0. The summed E-state index contributed by atoms with van der Waals surface area (Å²) in [6.07, 6.45) is 2.16. The van der Waals surface area contributed by atoms with E-state index in [1.165, 1.54) is 6.42 Å². The Morgan fingerprint density at radius 1 is 1.18 bits per heavy atom. The van der Waals surface area contributed by atoms with E-state index in [9.17, 15) is 0 Å². The molecule has 0 aromatic heterocycles. The second-order valence-corrected chi connectivity index (χ2v) is 3.17. The van der Waals surface area contributed by atoms with Gasteiger partial charge in [-0.3, -0.25) is 0 Å². The predicted octanol–water partition coefficient (Wildman–Crippen LogP) is 1.80. The van der Waals surface area contributed by atoms with E-state index in [1.807, 2.05) is 0 Å². The lowest BCUT2D eigenvalue weighted by atomic mass is 10.1. The van der Waals surface area contributed by atoms with Gasteiger partial charge in [-0.1, -0.05) is 20.3 Å². The summed E-state index contributed by atoms with van der Waals surface area (Å²) < 4.78 is 0. The maximum atomic E-state index is 8.47. The van der Waals surface area contributed by atoms with E-state index < -0.39 is 0 Å². The first kappa shape index (κ1) is 13.5. The zero-order valence-corrected chi connectivity index (χ0v) is 8.17. The zero-order valence-electron chi connectivity index (χ0n) is 8.17. The van der Waals surface area contributed by atoms with Crippen molar-refractivity contribution in [2.75, 3.05) is 6.61 Å². The molecule has 0 aromatic carbocycles. The molecule has 0 amide bonds. The Bertz CT molecular complexity index is 59.8. The van der Waals surface area contributed by atoms with Crippen LogP contribution in [-0.4, -0.2) is 22.9 Å². The lowest BCUT2D eigenvalue weighted by molar-refractivity contribution is 0.216. The summed E-state index contributed by atoms with van der Waals surface area (Å²) in [5, 5.41) is 16.5. The molecule has 0 saturated heterocycles. The summed E-state index contributed by atoms with van der Waals surface area (Å²) in [5.41, 5.74) is 0. The van der Waals surface area contributed by atoms with Crippen molar-refractivity contribution in [1.82, 2.24) is 0 Å². The number of aliphatic hydroxyl groups is 2. The zero-order chi connectivity index (χ0) is 9.28. The molecule has 2 heteroatoms. The molecule has 1 atom stereocenters. The summed E-state index contributed by atoms with van der Waals surface area (Å²) in [6.45, 7) is 7.98. The quantitative estimate of drug-likeness (QED) is 0.664. The van der Waals surface area contributed by atoms with Gasteiger partial charge >= 0.3 is 0 Å². The van der Waals surface area contributed by atoms with Crippen LogP contribution in [0.1, 0.15) is 40.5 Å². The van der Waals surface area contributed by atoms with Crippen molar-refractivity contribution in [1.29, 1.82) is 0 Å². The van der Waals surface area contributed by atoms with Crippen molar-refractivity contribution in [2.45, 2.75) is 46.6 Å². The topological polar surface area (TPSA) is 40.5 Å². The van der Waals surface area contributed by atoms with Crippen LogP contribution in [0.2, 0.25) is 0 Å². The Hall–Kier alpha value is -0.0800. The lowest BCUT2D eigenvalue weighted by Gasteiger charge is -2.01. The molecular weight excluding hydrogens is 140 g/mol. The van der Waals surface area contributed by atoms with Gasteiger partial charge in [0, 0.05) is 12.7 Å². The number of rotatable bonds is 3. The van der Waals surface area contributed by atoms with Gasteiger partial charge in [0.05, 0.1) is 0 Å². The first-order valence-electron chi connectivity index (χ1n) is 4.33. The molecule has 11 heavy (non-hydrogen) atoms. The standard InChI is InChI=1S/C6H14O.C3H8O/c1-3-4-6(2)5-7;1-3(2)4/h6-7H,3-5H2,1-2H3;3-4H,1-2H3. The molecule has 0 spiro atoms. The Labute approximate surface area is 70.3 Å². The normalized spacial score (nSPS) is 12.3. The van der Waals surface area contributed by atoms with Crippen molar-refractivity contribution in [2.24, 2.45) is 5.92 Å². The van der Waals surface area contributed by atoms with Gasteiger partial charge in [0.15, 0.2) is 0 Å². The predicted molar refractivity (Wildman–Crippen MR) is 48.5 cm³/mol. The molecule has 0 aromatic rings. The minimum absolute atomic E-state index is 0.167. The fourth-order valence-corrected chi connectivity index (χ4v) is 0.584. The van der Waals surface area contributed by atoms with Gasteiger partial charge in [-0.15, -0.1) is 0 Å². The van der Waals surface area contributed by atoms with Crippen molar-refractivity contribution in [3.05, 3.63) is 0 Å². The molecule has 0 saturated carbocycles. The molecule has 2 N–H and O–H groups in total. The molecule has 0 fully saturated rings. The molecule has 70 valence electrons. The molecule has 1 unspecified atom stereocenters. The van der Waals surface area contributed by atoms with Crippen LogP contribution in [0.5, 0.6) is 0 Å². The first-order chi connectivity index (χ1) is 5.04. The van der Waals surface area contributed by atoms with Crippen LogP contribution < -0.4 is 0 Å². The minimum Gasteiger partial charge on any atom is -0.396 e.